The number of amides is 1. The summed E-state index contributed by atoms with van der Waals surface area (Å²) in [4.78, 5) is 14.4. The van der Waals surface area contributed by atoms with E-state index in [2.05, 4.69) is 26.0 Å². The van der Waals surface area contributed by atoms with E-state index in [1.165, 1.54) is 5.56 Å². The second-order valence-electron chi connectivity index (χ2n) is 6.28. The molecule has 0 saturated carbocycles. The van der Waals surface area contributed by atoms with Crippen LogP contribution in [0.1, 0.15) is 36.3 Å². The topological polar surface area (TPSA) is 38.8 Å². The number of anilines is 1. The predicted molar refractivity (Wildman–Crippen MR) is 103 cm³/mol. The van der Waals surface area contributed by atoms with Gasteiger partial charge in [0.1, 0.15) is 16.9 Å². The molecule has 3 rings (SSSR count). The zero-order valence-electron chi connectivity index (χ0n) is 15.0. The molecule has 0 N–H and O–H groups in total. The number of carbonyl (C=O) groups is 1. The molecule has 1 saturated heterocycles. The highest BCUT2D eigenvalue weighted by Crippen LogP contribution is 2.45. The van der Waals surface area contributed by atoms with Crippen LogP contribution >= 0.6 is 11.8 Å². The van der Waals surface area contributed by atoms with Crippen LogP contribution in [0.2, 0.25) is 0 Å². The summed E-state index contributed by atoms with van der Waals surface area (Å²) in [6, 6.07) is 13.9. The molecule has 0 spiro atoms. The Morgan fingerprint density at radius 2 is 1.80 bits per heavy atom. The van der Waals surface area contributed by atoms with Gasteiger partial charge < -0.3 is 9.47 Å². The molecule has 0 aliphatic carbocycles. The number of hydrogen-bond donors (Lipinski definition) is 0. The van der Waals surface area contributed by atoms with Crippen molar-refractivity contribution >= 4 is 23.4 Å². The quantitative estimate of drug-likeness (QED) is 0.783. The summed E-state index contributed by atoms with van der Waals surface area (Å²) >= 11 is 1.61. The molecule has 4 nitrogen and oxygen atoms in total. The first-order valence-corrected chi connectivity index (χ1v) is 9.35. The number of thioether (sulfide) groups is 1. The van der Waals surface area contributed by atoms with Crippen molar-refractivity contribution in [1.29, 1.82) is 0 Å². The molecule has 1 atom stereocenters. The average molecular weight is 357 g/mol. The van der Waals surface area contributed by atoms with Gasteiger partial charge in [0.2, 0.25) is 5.91 Å². The van der Waals surface area contributed by atoms with E-state index in [4.69, 9.17) is 9.47 Å². The fourth-order valence-electron chi connectivity index (χ4n) is 2.99. The normalized spacial score (nSPS) is 17.2. The molecule has 132 valence electrons. The van der Waals surface area contributed by atoms with Crippen molar-refractivity contribution in [2.24, 2.45) is 0 Å². The maximum Gasteiger partial charge on any atom is 0.238 e. The van der Waals surface area contributed by atoms with Crippen LogP contribution in [0, 0.1) is 0 Å². The molecule has 1 aliphatic rings. The van der Waals surface area contributed by atoms with Crippen LogP contribution in [0.15, 0.2) is 42.5 Å². The van der Waals surface area contributed by atoms with E-state index >= 15 is 0 Å². The van der Waals surface area contributed by atoms with Crippen LogP contribution in [0.25, 0.3) is 0 Å². The maximum absolute atomic E-state index is 12.6. The van der Waals surface area contributed by atoms with Crippen LogP contribution < -0.4 is 14.4 Å². The zero-order chi connectivity index (χ0) is 18.0. The van der Waals surface area contributed by atoms with Gasteiger partial charge in [-0.05, 0) is 41.8 Å². The molecule has 1 amide bonds. The van der Waals surface area contributed by atoms with E-state index in [1.54, 1.807) is 26.0 Å². The number of carbonyl (C=O) groups excluding carboxylic acids is 1. The Hall–Kier alpha value is -2.14. The number of ether oxygens (including phenoxy) is 2. The molecule has 0 radical (unpaired) electrons. The van der Waals surface area contributed by atoms with Gasteiger partial charge in [0.15, 0.2) is 0 Å². The first-order chi connectivity index (χ1) is 12.0. The smallest absolute Gasteiger partial charge is 0.238 e. The SMILES string of the molecule is COc1ccc(OC)c([C@H]2SCC(=O)N2c2ccc(C(C)C)cc2)c1. The maximum atomic E-state index is 12.6. The fourth-order valence-corrected chi connectivity index (χ4v) is 4.18. The number of methoxy groups -OCH3 is 2. The van der Waals surface area contributed by atoms with Gasteiger partial charge in [-0.1, -0.05) is 26.0 Å². The Morgan fingerprint density at radius 1 is 1.08 bits per heavy atom. The van der Waals surface area contributed by atoms with Crippen molar-refractivity contribution in [3.05, 3.63) is 53.6 Å². The molecule has 1 heterocycles. The Balaban J connectivity index is 2.00. The summed E-state index contributed by atoms with van der Waals surface area (Å²) in [5.41, 5.74) is 3.12. The van der Waals surface area contributed by atoms with Crippen LogP contribution in [0.3, 0.4) is 0 Å². The van der Waals surface area contributed by atoms with E-state index in [-0.39, 0.29) is 11.3 Å². The highest BCUT2D eigenvalue weighted by Gasteiger charge is 2.36. The second kappa shape index (κ2) is 7.40. The molecule has 0 unspecified atom stereocenters. The van der Waals surface area contributed by atoms with Crippen molar-refractivity contribution < 1.29 is 14.3 Å². The van der Waals surface area contributed by atoms with Gasteiger partial charge in [-0.3, -0.25) is 9.69 Å². The number of rotatable bonds is 5. The summed E-state index contributed by atoms with van der Waals surface area (Å²) in [7, 11) is 3.29. The minimum atomic E-state index is -0.123. The van der Waals surface area contributed by atoms with E-state index in [1.807, 2.05) is 35.2 Å². The van der Waals surface area contributed by atoms with E-state index in [9.17, 15) is 4.79 Å². The van der Waals surface area contributed by atoms with Gasteiger partial charge in [0, 0.05) is 11.3 Å². The highest BCUT2D eigenvalue weighted by atomic mass is 32.2. The van der Waals surface area contributed by atoms with Crippen molar-refractivity contribution in [2.75, 3.05) is 24.9 Å². The largest absolute Gasteiger partial charge is 0.497 e. The lowest BCUT2D eigenvalue weighted by atomic mass is 10.0. The highest BCUT2D eigenvalue weighted by molar-refractivity contribution is 8.00. The Labute approximate surface area is 153 Å². The molecule has 25 heavy (non-hydrogen) atoms. The van der Waals surface area contributed by atoms with Crippen molar-refractivity contribution in [3.8, 4) is 11.5 Å². The molecule has 1 fully saturated rings. The Morgan fingerprint density at radius 3 is 2.40 bits per heavy atom. The number of benzene rings is 2. The number of nitrogens with zero attached hydrogens (tertiary/aromatic N) is 1. The van der Waals surface area contributed by atoms with Crippen molar-refractivity contribution in [2.45, 2.75) is 25.1 Å². The molecular formula is C20H23NO3S. The molecule has 0 bridgehead atoms. The molecule has 1 aliphatic heterocycles. The van der Waals surface area contributed by atoms with Crippen molar-refractivity contribution in [3.63, 3.8) is 0 Å². The van der Waals surface area contributed by atoms with Crippen LogP contribution in [0.5, 0.6) is 11.5 Å². The molecular weight excluding hydrogens is 334 g/mol. The lowest BCUT2D eigenvalue weighted by Crippen LogP contribution is -2.28. The van der Waals surface area contributed by atoms with E-state index < -0.39 is 0 Å². The average Bonchev–Trinajstić information content (AvgIpc) is 3.02. The minimum absolute atomic E-state index is 0.108. The predicted octanol–water partition coefficient (Wildman–Crippen LogP) is 4.61. The molecule has 5 heteroatoms. The van der Waals surface area contributed by atoms with Gasteiger partial charge in [-0.15, -0.1) is 11.8 Å². The van der Waals surface area contributed by atoms with Crippen LogP contribution in [0.4, 0.5) is 5.69 Å². The third-order valence-corrected chi connectivity index (χ3v) is 5.60. The lowest BCUT2D eigenvalue weighted by molar-refractivity contribution is -0.115. The van der Waals surface area contributed by atoms with Crippen LogP contribution in [-0.2, 0) is 4.79 Å². The van der Waals surface area contributed by atoms with Gasteiger partial charge in [-0.2, -0.15) is 0 Å². The summed E-state index contributed by atoms with van der Waals surface area (Å²) in [5, 5.41) is -0.123. The lowest BCUT2D eigenvalue weighted by Gasteiger charge is -2.26. The van der Waals surface area contributed by atoms with Gasteiger partial charge in [0.05, 0.1) is 20.0 Å². The first-order valence-electron chi connectivity index (χ1n) is 8.30. The van der Waals surface area contributed by atoms with Crippen LogP contribution in [-0.4, -0.2) is 25.9 Å². The zero-order valence-corrected chi connectivity index (χ0v) is 15.8. The minimum Gasteiger partial charge on any atom is -0.497 e. The van der Waals surface area contributed by atoms with Crippen molar-refractivity contribution in [1.82, 2.24) is 0 Å². The first kappa shape index (κ1) is 17.7. The fraction of sp³-hybridized carbons (Fsp3) is 0.350. The third-order valence-electron chi connectivity index (χ3n) is 4.41. The molecule has 2 aromatic rings. The van der Waals surface area contributed by atoms with Gasteiger partial charge in [-0.25, -0.2) is 0 Å². The Kier molecular flexibility index (Phi) is 5.23. The molecule has 0 aromatic heterocycles. The van der Waals surface area contributed by atoms with E-state index in [0.717, 1.165) is 22.7 Å². The summed E-state index contributed by atoms with van der Waals surface area (Å²) < 4.78 is 10.9. The summed E-state index contributed by atoms with van der Waals surface area (Å²) in [6.45, 7) is 4.32. The second-order valence-corrected chi connectivity index (χ2v) is 7.35. The number of hydrogen-bond acceptors (Lipinski definition) is 4. The summed E-state index contributed by atoms with van der Waals surface area (Å²) in [6.07, 6.45) is 0. The van der Waals surface area contributed by atoms with Gasteiger partial charge >= 0.3 is 0 Å². The van der Waals surface area contributed by atoms with E-state index in [0.29, 0.717) is 11.7 Å². The third kappa shape index (κ3) is 3.47. The monoisotopic (exact) mass is 357 g/mol. The molecule has 2 aromatic carbocycles. The standard InChI is InChI=1S/C20H23NO3S/c1-13(2)14-5-7-15(8-6-14)21-19(22)12-25-20(21)17-11-16(23-3)9-10-18(17)24-4/h5-11,13,20H,12H2,1-4H3/t20-/m1/s1. The Bertz CT molecular complexity index is 758. The summed E-state index contributed by atoms with van der Waals surface area (Å²) in [5.74, 6) is 2.54. The van der Waals surface area contributed by atoms with Gasteiger partial charge in [0.25, 0.3) is 0 Å².